The van der Waals surface area contributed by atoms with Crippen LogP contribution < -0.4 is 20.9 Å². The summed E-state index contributed by atoms with van der Waals surface area (Å²) in [4.78, 5) is 38.6. The van der Waals surface area contributed by atoms with Crippen molar-refractivity contribution in [1.29, 1.82) is 0 Å². The van der Waals surface area contributed by atoms with Gasteiger partial charge in [0, 0.05) is 18.7 Å². The maximum Gasteiger partial charge on any atom is 0.275 e. The van der Waals surface area contributed by atoms with Crippen LogP contribution >= 0.6 is 0 Å². The smallest absolute Gasteiger partial charge is 0.275 e. The maximum atomic E-state index is 12.6. The Bertz CT molecular complexity index is 900. The summed E-state index contributed by atoms with van der Waals surface area (Å²) in [5.74, 6) is -1.77. The number of hydrogen-bond donors (Lipinski definition) is 5. The van der Waals surface area contributed by atoms with E-state index in [1.165, 1.54) is 5.48 Å². The predicted molar refractivity (Wildman–Crippen MR) is 117 cm³/mol. The zero-order chi connectivity index (χ0) is 23.5. The summed E-state index contributed by atoms with van der Waals surface area (Å²) in [5, 5.41) is 22.6. The molecular weight excluding hydrogens is 416 g/mol. The third kappa shape index (κ3) is 7.34. The molecule has 0 saturated heterocycles. The maximum absolute atomic E-state index is 12.6. The van der Waals surface area contributed by atoms with Gasteiger partial charge in [0.05, 0.1) is 6.61 Å². The first-order chi connectivity index (χ1) is 15.3. The van der Waals surface area contributed by atoms with Gasteiger partial charge in [-0.25, -0.2) is 5.48 Å². The number of nitrogens with one attached hydrogen (secondary N) is 3. The standard InChI is InChI=1S/C22H28N4O6/c1-26(2)12-11-23-21(29)19(22(30)25-31)24-20(28)17-5-3-15(4-6-17)16-7-9-18(10-8-16)32-14-13-27/h3-10,19,27,31H,11-14H2,1-2H3,(H,23,29)(H,24,28)(H,25,30). The molecule has 1 atom stereocenters. The summed E-state index contributed by atoms with van der Waals surface area (Å²) in [7, 11) is 3.66. The number of benzene rings is 2. The van der Waals surface area contributed by atoms with Crippen LogP contribution in [0.4, 0.5) is 0 Å². The highest BCUT2D eigenvalue weighted by atomic mass is 16.5. The van der Waals surface area contributed by atoms with Crippen molar-refractivity contribution in [3.8, 4) is 16.9 Å². The molecule has 0 aliphatic carbocycles. The van der Waals surface area contributed by atoms with Crippen LogP contribution in [0.1, 0.15) is 10.4 Å². The van der Waals surface area contributed by atoms with Gasteiger partial charge < -0.3 is 25.4 Å². The van der Waals surface area contributed by atoms with E-state index in [1.807, 2.05) is 31.1 Å². The van der Waals surface area contributed by atoms with Crippen LogP contribution in [0.3, 0.4) is 0 Å². The van der Waals surface area contributed by atoms with Crippen molar-refractivity contribution >= 4 is 17.7 Å². The molecule has 172 valence electrons. The molecule has 0 aliphatic rings. The Labute approximate surface area is 186 Å². The van der Waals surface area contributed by atoms with Crippen LogP contribution in [-0.4, -0.2) is 79.4 Å². The molecule has 0 bridgehead atoms. The minimum absolute atomic E-state index is 0.0656. The van der Waals surface area contributed by atoms with E-state index in [9.17, 15) is 14.4 Å². The summed E-state index contributed by atoms with van der Waals surface area (Å²) in [6.45, 7) is 0.967. The van der Waals surface area contributed by atoms with E-state index >= 15 is 0 Å². The summed E-state index contributed by atoms with van der Waals surface area (Å²) in [6, 6.07) is 12.3. The molecule has 5 N–H and O–H groups in total. The Morgan fingerprint density at radius 2 is 1.56 bits per heavy atom. The lowest BCUT2D eigenvalue weighted by molar-refractivity contribution is -0.137. The first kappa shape index (κ1) is 24.8. The average Bonchev–Trinajstić information content (AvgIpc) is 2.80. The van der Waals surface area contributed by atoms with Crippen LogP contribution in [0.2, 0.25) is 0 Å². The van der Waals surface area contributed by atoms with E-state index in [-0.39, 0.29) is 25.3 Å². The molecule has 0 aromatic heterocycles. The second kappa shape index (κ2) is 12.4. The molecule has 0 heterocycles. The molecule has 2 rings (SSSR count). The first-order valence-electron chi connectivity index (χ1n) is 9.97. The van der Waals surface area contributed by atoms with Crippen LogP contribution in [0, 0.1) is 0 Å². The van der Waals surface area contributed by atoms with Gasteiger partial charge in [0.1, 0.15) is 12.4 Å². The van der Waals surface area contributed by atoms with Crippen molar-refractivity contribution in [3.63, 3.8) is 0 Å². The third-order valence-corrected chi connectivity index (χ3v) is 4.46. The van der Waals surface area contributed by atoms with Crippen molar-refractivity contribution in [3.05, 3.63) is 54.1 Å². The number of rotatable bonds is 11. The number of aliphatic hydroxyl groups is 1. The molecule has 0 saturated carbocycles. The van der Waals surface area contributed by atoms with Gasteiger partial charge in [-0.15, -0.1) is 0 Å². The molecule has 0 radical (unpaired) electrons. The number of hydrogen-bond acceptors (Lipinski definition) is 7. The quantitative estimate of drug-likeness (QED) is 0.187. The summed E-state index contributed by atoms with van der Waals surface area (Å²) < 4.78 is 5.33. The molecule has 0 fully saturated rings. The lowest BCUT2D eigenvalue weighted by Gasteiger charge is -2.17. The van der Waals surface area contributed by atoms with Gasteiger partial charge >= 0.3 is 0 Å². The number of carbonyl (C=O) groups excluding carboxylic acids is 3. The largest absolute Gasteiger partial charge is 0.491 e. The molecule has 3 amide bonds. The Hall–Kier alpha value is -3.47. The van der Waals surface area contributed by atoms with Gasteiger partial charge in [0.25, 0.3) is 17.7 Å². The SMILES string of the molecule is CN(C)CCNC(=O)C(NC(=O)c1ccc(-c2ccc(OCCO)cc2)cc1)C(=O)NO. The Kier molecular flexibility index (Phi) is 9.61. The Balaban J connectivity index is 2.04. The van der Waals surface area contributed by atoms with Crippen LogP contribution in [0.5, 0.6) is 5.75 Å². The van der Waals surface area contributed by atoms with Crippen molar-refractivity contribution in [1.82, 2.24) is 21.0 Å². The third-order valence-electron chi connectivity index (χ3n) is 4.46. The van der Waals surface area contributed by atoms with E-state index < -0.39 is 23.8 Å². The molecular formula is C22H28N4O6. The minimum Gasteiger partial charge on any atom is -0.491 e. The Morgan fingerprint density at radius 3 is 2.09 bits per heavy atom. The average molecular weight is 444 g/mol. The minimum atomic E-state index is -1.58. The van der Waals surface area contributed by atoms with Gasteiger partial charge in [0.15, 0.2) is 6.04 Å². The van der Waals surface area contributed by atoms with Gasteiger partial charge in [0.2, 0.25) is 0 Å². The normalized spacial score (nSPS) is 11.5. The topological polar surface area (TPSA) is 140 Å². The van der Waals surface area contributed by atoms with E-state index in [0.717, 1.165) is 11.1 Å². The van der Waals surface area contributed by atoms with Gasteiger partial charge in [-0.2, -0.15) is 0 Å². The van der Waals surface area contributed by atoms with E-state index in [2.05, 4.69) is 10.6 Å². The van der Waals surface area contributed by atoms with Gasteiger partial charge in [-0.3, -0.25) is 19.6 Å². The number of likely N-dealkylation sites (N-methyl/N-ethyl adjacent to an activating group) is 1. The van der Waals surface area contributed by atoms with Crippen molar-refractivity contribution < 1.29 is 29.4 Å². The van der Waals surface area contributed by atoms with E-state index in [0.29, 0.717) is 12.3 Å². The molecule has 32 heavy (non-hydrogen) atoms. The summed E-state index contributed by atoms with van der Waals surface area (Å²) >= 11 is 0. The van der Waals surface area contributed by atoms with Crippen LogP contribution in [0.25, 0.3) is 11.1 Å². The monoisotopic (exact) mass is 444 g/mol. The number of carbonyl (C=O) groups is 3. The van der Waals surface area contributed by atoms with Gasteiger partial charge in [-0.1, -0.05) is 24.3 Å². The lowest BCUT2D eigenvalue weighted by Crippen LogP contribution is -2.55. The summed E-state index contributed by atoms with van der Waals surface area (Å²) in [5.41, 5.74) is 3.39. The fraction of sp³-hybridized carbons (Fsp3) is 0.318. The molecule has 2 aromatic rings. The number of hydroxylamine groups is 1. The van der Waals surface area contributed by atoms with Crippen LogP contribution in [-0.2, 0) is 9.59 Å². The second-order valence-corrected chi connectivity index (χ2v) is 7.15. The number of ether oxygens (including phenoxy) is 1. The summed E-state index contributed by atoms with van der Waals surface area (Å²) in [6.07, 6.45) is 0. The number of amides is 3. The number of aliphatic hydroxyl groups excluding tert-OH is 1. The molecule has 0 spiro atoms. The van der Waals surface area contributed by atoms with Gasteiger partial charge in [-0.05, 0) is 49.5 Å². The second-order valence-electron chi connectivity index (χ2n) is 7.15. The van der Waals surface area contributed by atoms with Crippen LogP contribution in [0.15, 0.2) is 48.5 Å². The zero-order valence-electron chi connectivity index (χ0n) is 18.0. The van der Waals surface area contributed by atoms with Crippen molar-refractivity contribution in [2.24, 2.45) is 0 Å². The molecule has 1 unspecified atom stereocenters. The van der Waals surface area contributed by atoms with E-state index in [4.69, 9.17) is 15.1 Å². The molecule has 0 aliphatic heterocycles. The lowest BCUT2D eigenvalue weighted by atomic mass is 10.0. The highest BCUT2D eigenvalue weighted by Crippen LogP contribution is 2.23. The first-order valence-corrected chi connectivity index (χ1v) is 9.97. The predicted octanol–water partition coefficient (Wildman–Crippen LogP) is 0.00630. The zero-order valence-corrected chi connectivity index (χ0v) is 18.0. The Morgan fingerprint density at radius 1 is 0.969 bits per heavy atom. The molecule has 10 nitrogen and oxygen atoms in total. The highest BCUT2D eigenvalue weighted by Gasteiger charge is 2.28. The van der Waals surface area contributed by atoms with Crippen molar-refractivity contribution in [2.75, 3.05) is 40.4 Å². The molecule has 2 aromatic carbocycles. The highest BCUT2D eigenvalue weighted by molar-refractivity contribution is 6.08. The van der Waals surface area contributed by atoms with E-state index in [1.54, 1.807) is 36.4 Å². The fourth-order valence-corrected chi connectivity index (χ4v) is 2.76. The van der Waals surface area contributed by atoms with Crippen molar-refractivity contribution in [2.45, 2.75) is 6.04 Å². The number of nitrogens with zero attached hydrogens (tertiary/aromatic N) is 1. The fourth-order valence-electron chi connectivity index (χ4n) is 2.76. The molecule has 10 heteroatoms.